The fourth-order valence-corrected chi connectivity index (χ4v) is 9.27. The molecular weight excluding hydrogens is 681 g/mol. The molecule has 4 nitrogen and oxygen atoms in total. The van der Waals surface area contributed by atoms with E-state index in [2.05, 4.69) is 225 Å². The van der Waals surface area contributed by atoms with Crippen molar-refractivity contribution in [3.05, 3.63) is 206 Å². The Balaban J connectivity index is 1.19. The van der Waals surface area contributed by atoms with Gasteiger partial charge in [0.2, 0.25) is 0 Å². The van der Waals surface area contributed by atoms with E-state index >= 15 is 0 Å². The second-order valence-electron chi connectivity index (χ2n) is 14.6. The van der Waals surface area contributed by atoms with Crippen LogP contribution >= 0.6 is 0 Å². The predicted molar refractivity (Wildman–Crippen MR) is 236 cm³/mol. The predicted octanol–water partition coefficient (Wildman–Crippen LogP) is 14.3. The molecule has 0 saturated heterocycles. The lowest BCUT2D eigenvalue weighted by atomic mass is 10.0. The molecule has 262 valence electrons. The van der Waals surface area contributed by atoms with Crippen LogP contribution < -0.4 is 9.80 Å². The molecule has 3 heterocycles. The molecule has 9 aromatic carbocycles. The van der Waals surface area contributed by atoms with Gasteiger partial charge in [0.05, 0.1) is 50.5 Å². The number of nitrogens with zero attached hydrogens (tertiary/aromatic N) is 4. The summed E-state index contributed by atoms with van der Waals surface area (Å²) in [5.41, 5.74) is 13.8. The Morgan fingerprint density at radius 2 is 0.804 bits per heavy atom. The zero-order valence-electron chi connectivity index (χ0n) is 30.4. The molecule has 1 aliphatic rings. The molecule has 0 unspecified atom stereocenters. The molecule has 4 heteroatoms. The monoisotopic (exact) mass is 714 g/mol. The van der Waals surface area contributed by atoms with Crippen LogP contribution in [0.25, 0.3) is 65.8 Å². The zero-order valence-corrected chi connectivity index (χ0v) is 30.4. The summed E-state index contributed by atoms with van der Waals surface area (Å²) in [6.45, 7) is 0. The van der Waals surface area contributed by atoms with Crippen molar-refractivity contribution in [2.75, 3.05) is 9.80 Å². The fourth-order valence-electron chi connectivity index (χ4n) is 9.27. The average molecular weight is 715 g/mol. The summed E-state index contributed by atoms with van der Waals surface area (Å²) in [4.78, 5) is 4.82. The van der Waals surface area contributed by atoms with E-state index in [-0.39, 0.29) is 0 Å². The van der Waals surface area contributed by atoms with Gasteiger partial charge in [-0.15, -0.1) is 0 Å². The quantitative estimate of drug-likeness (QED) is 0.180. The minimum Gasteiger partial charge on any atom is -0.309 e. The molecule has 1 aliphatic heterocycles. The first-order chi connectivity index (χ1) is 27.8. The van der Waals surface area contributed by atoms with Gasteiger partial charge in [-0.3, -0.25) is 0 Å². The summed E-state index contributed by atoms with van der Waals surface area (Å²) in [5, 5.41) is 7.42. The van der Waals surface area contributed by atoms with Crippen molar-refractivity contribution in [3.63, 3.8) is 0 Å². The minimum absolute atomic E-state index is 1.11. The number of anilines is 6. The second-order valence-corrected chi connectivity index (χ2v) is 14.6. The van der Waals surface area contributed by atoms with E-state index in [4.69, 9.17) is 0 Å². The lowest BCUT2D eigenvalue weighted by molar-refractivity contribution is 1.14. The number of benzene rings is 9. The van der Waals surface area contributed by atoms with E-state index in [9.17, 15) is 0 Å². The maximum absolute atomic E-state index is 2.50. The van der Waals surface area contributed by atoms with E-state index in [1.54, 1.807) is 0 Å². The highest BCUT2D eigenvalue weighted by Crippen LogP contribution is 2.55. The van der Waals surface area contributed by atoms with Gasteiger partial charge in [-0.05, 0) is 84.2 Å². The van der Waals surface area contributed by atoms with Gasteiger partial charge in [0.1, 0.15) is 0 Å². The normalized spacial score (nSPS) is 12.6. The van der Waals surface area contributed by atoms with Crippen LogP contribution in [0.2, 0.25) is 0 Å². The second kappa shape index (κ2) is 12.0. The summed E-state index contributed by atoms with van der Waals surface area (Å²) >= 11 is 0. The number of hydrogen-bond donors (Lipinski definition) is 0. The van der Waals surface area contributed by atoms with Crippen LogP contribution in [-0.2, 0) is 0 Å². The van der Waals surface area contributed by atoms with E-state index < -0.39 is 0 Å². The highest BCUT2D eigenvalue weighted by Gasteiger charge is 2.31. The highest BCUT2D eigenvalue weighted by molar-refractivity contribution is 6.26. The number of aromatic nitrogens is 2. The first kappa shape index (κ1) is 30.9. The van der Waals surface area contributed by atoms with Crippen LogP contribution in [0.3, 0.4) is 0 Å². The Bertz CT molecular complexity index is 3320. The van der Waals surface area contributed by atoms with Crippen molar-refractivity contribution in [3.8, 4) is 11.4 Å². The first-order valence-corrected chi connectivity index (χ1v) is 19.2. The van der Waals surface area contributed by atoms with Crippen molar-refractivity contribution in [2.24, 2.45) is 0 Å². The van der Waals surface area contributed by atoms with E-state index in [1.807, 2.05) is 0 Å². The summed E-state index contributed by atoms with van der Waals surface area (Å²) < 4.78 is 4.97. The Labute approximate surface area is 323 Å². The molecule has 0 saturated carbocycles. The molecule has 0 N–H and O–H groups in total. The maximum Gasteiger partial charge on any atom is 0.0724 e. The number of fused-ring (bicyclic) bond motifs is 10. The third-order valence-electron chi connectivity index (χ3n) is 11.6. The van der Waals surface area contributed by atoms with Gasteiger partial charge in [0.15, 0.2) is 0 Å². The van der Waals surface area contributed by atoms with Gasteiger partial charge in [0.25, 0.3) is 0 Å². The smallest absolute Gasteiger partial charge is 0.0724 e. The van der Waals surface area contributed by atoms with Crippen LogP contribution in [0.4, 0.5) is 34.1 Å². The van der Waals surface area contributed by atoms with Gasteiger partial charge in [-0.1, -0.05) is 127 Å². The van der Waals surface area contributed by atoms with Crippen LogP contribution in [-0.4, -0.2) is 9.13 Å². The molecule has 0 atom stereocenters. The van der Waals surface area contributed by atoms with E-state index in [0.29, 0.717) is 0 Å². The average Bonchev–Trinajstić information content (AvgIpc) is 3.78. The first-order valence-electron chi connectivity index (χ1n) is 19.2. The van der Waals surface area contributed by atoms with Crippen LogP contribution in [0.5, 0.6) is 0 Å². The van der Waals surface area contributed by atoms with Gasteiger partial charge < -0.3 is 18.9 Å². The molecule has 0 aliphatic carbocycles. The van der Waals surface area contributed by atoms with Crippen molar-refractivity contribution in [2.45, 2.75) is 0 Å². The summed E-state index contributed by atoms with van der Waals surface area (Å²) in [5.74, 6) is 0. The fraction of sp³-hybridized carbons (Fsp3) is 0. The molecule has 0 radical (unpaired) electrons. The van der Waals surface area contributed by atoms with Crippen LogP contribution in [0.1, 0.15) is 0 Å². The van der Waals surface area contributed by atoms with Gasteiger partial charge >= 0.3 is 0 Å². The van der Waals surface area contributed by atoms with Crippen molar-refractivity contribution in [1.82, 2.24) is 9.13 Å². The highest BCUT2D eigenvalue weighted by atomic mass is 15.3. The molecule has 0 amide bonds. The summed E-state index contributed by atoms with van der Waals surface area (Å²) in [6.07, 6.45) is 0. The number of rotatable bonds is 4. The number of para-hydroxylation sites is 6. The van der Waals surface area contributed by atoms with E-state index in [0.717, 1.165) is 39.8 Å². The van der Waals surface area contributed by atoms with Gasteiger partial charge in [0, 0.05) is 44.0 Å². The molecule has 2 aromatic heterocycles. The lowest BCUT2D eigenvalue weighted by Crippen LogP contribution is -2.24. The van der Waals surface area contributed by atoms with Crippen molar-refractivity contribution >= 4 is 88.5 Å². The maximum atomic E-state index is 2.50. The largest absolute Gasteiger partial charge is 0.309 e. The van der Waals surface area contributed by atoms with Gasteiger partial charge in [-0.2, -0.15) is 0 Å². The Morgan fingerprint density at radius 3 is 1.54 bits per heavy atom. The third kappa shape index (κ3) is 4.35. The Morgan fingerprint density at radius 1 is 0.268 bits per heavy atom. The standard InChI is InChI=1S/C52H34N4/c1-3-18-36(19-4-1)53-46-27-13-14-28-47(46)54(37-20-5-2-6-21-37)50-34-38(30-32-48(50)53)55-44-25-11-9-23-40(44)41-31-33-49-51(52(41)55)42-24-10-12-26-45(42)56(49)43-29-15-17-35-16-7-8-22-39(35)43/h1-34H. The Hall–Kier alpha value is -7.56. The molecule has 0 bridgehead atoms. The van der Waals surface area contributed by atoms with Gasteiger partial charge in [-0.25, -0.2) is 0 Å². The Kier molecular flexibility index (Phi) is 6.60. The topological polar surface area (TPSA) is 16.3 Å². The van der Waals surface area contributed by atoms with E-state index in [1.165, 1.54) is 60.1 Å². The summed E-state index contributed by atoms with van der Waals surface area (Å²) in [7, 11) is 0. The summed E-state index contributed by atoms with van der Waals surface area (Å²) in [6, 6.07) is 75.0. The minimum atomic E-state index is 1.11. The molecule has 56 heavy (non-hydrogen) atoms. The zero-order chi connectivity index (χ0) is 36.7. The lowest BCUT2D eigenvalue weighted by Gasteiger charge is -2.40. The molecule has 12 rings (SSSR count). The molecular formula is C52H34N4. The molecule has 0 fully saturated rings. The van der Waals surface area contributed by atoms with Crippen molar-refractivity contribution in [1.29, 1.82) is 0 Å². The van der Waals surface area contributed by atoms with Crippen molar-refractivity contribution < 1.29 is 0 Å². The van der Waals surface area contributed by atoms with Crippen LogP contribution in [0, 0.1) is 0 Å². The third-order valence-corrected chi connectivity index (χ3v) is 11.6. The number of hydrogen-bond acceptors (Lipinski definition) is 2. The SMILES string of the molecule is c1ccc(N2c3ccccc3N(c3ccccc3)c3cc(-n4c5ccccc5c5ccc6c(c7ccccc7n6-c6cccc7ccccc67)c54)ccc32)cc1. The molecule has 11 aromatic rings. The molecule has 0 spiro atoms. The van der Waals surface area contributed by atoms with Crippen LogP contribution in [0.15, 0.2) is 206 Å².